The minimum absolute atomic E-state index is 0.425. The lowest BCUT2D eigenvalue weighted by Crippen LogP contribution is -2.00. The molecular formula is C10H8ClN3. The molecule has 0 aliphatic rings. The molecule has 0 aliphatic carbocycles. The molecule has 4 heteroatoms. The summed E-state index contributed by atoms with van der Waals surface area (Å²) in [5, 5.41) is 20.4. The van der Waals surface area contributed by atoms with Gasteiger partial charge in [0, 0.05) is 12.2 Å². The summed E-state index contributed by atoms with van der Waals surface area (Å²) in [6.45, 7) is 0.582. The number of nitrogens with zero attached hydrogens (tertiary/aromatic N) is 2. The Morgan fingerprint density at radius 1 is 1.36 bits per heavy atom. The van der Waals surface area contributed by atoms with Crippen molar-refractivity contribution in [2.24, 2.45) is 0 Å². The maximum atomic E-state index is 8.63. The van der Waals surface area contributed by atoms with Crippen molar-refractivity contribution in [1.29, 1.82) is 10.5 Å². The van der Waals surface area contributed by atoms with Crippen molar-refractivity contribution in [3.63, 3.8) is 0 Å². The highest BCUT2D eigenvalue weighted by Gasteiger charge is 1.99. The van der Waals surface area contributed by atoms with Gasteiger partial charge in [-0.1, -0.05) is 11.6 Å². The molecule has 1 aromatic carbocycles. The van der Waals surface area contributed by atoms with E-state index in [1.807, 2.05) is 12.1 Å². The molecule has 0 saturated carbocycles. The van der Waals surface area contributed by atoms with Gasteiger partial charge in [-0.15, -0.1) is 0 Å². The third-order valence-corrected chi connectivity index (χ3v) is 1.97. The highest BCUT2D eigenvalue weighted by atomic mass is 35.5. The molecule has 0 spiro atoms. The highest BCUT2D eigenvalue weighted by Crippen LogP contribution is 2.19. The van der Waals surface area contributed by atoms with Crippen molar-refractivity contribution in [1.82, 2.24) is 0 Å². The molecule has 0 aliphatic heterocycles. The molecule has 0 fully saturated rings. The van der Waals surface area contributed by atoms with Crippen LogP contribution in [-0.4, -0.2) is 6.54 Å². The summed E-state index contributed by atoms with van der Waals surface area (Å²) >= 11 is 5.81. The van der Waals surface area contributed by atoms with E-state index in [-0.39, 0.29) is 0 Å². The second-order valence-electron chi connectivity index (χ2n) is 2.64. The molecule has 0 heterocycles. The first kappa shape index (κ1) is 10.4. The molecule has 3 nitrogen and oxygen atoms in total. The summed E-state index contributed by atoms with van der Waals surface area (Å²) in [5.41, 5.74) is 1.28. The van der Waals surface area contributed by atoms with Gasteiger partial charge in [0.05, 0.1) is 23.1 Å². The molecule has 1 rings (SSSR count). The third kappa shape index (κ3) is 2.65. The standard InChI is InChI=1S/C10H8ClN3/c11-10-6-9(14-5-1-4-12)3-2-8(10)7-13/h2-3,6,14H,1,5H2. The van der Waals surface area contributed by atoms with Crippen molar-refractivity contribution in [2.45, 2.75) is 6.42 Å². The SMILES string of the molecule is N#CCCNc1ccc(C#N)c(Cl)c1. The second-order valence-corrected chi connectivity index (χ2v) is 3.05. The van der Waals surface area contributed by atoms with E-state index in [2.05, 4.69) is 5.32 Å². The summed E-state index contributed by atoms with van der Waals surface area (Å²) in [6, 6.07) is 9.10. The number of nitriles is 2. The molecule has 1 aromatic rings. The molecule has 0 radical (unpaired) electrons. The average molecular weight is 206 g/mol. The molecule has 0 bridgehead atoms. The van der Waals surface area contributed by atoms with E-state index in [9.17, 15) is 0 Å². The number of rotatable bonds is 3. The van der Waals surface area contributed by atoms with Gasteiger partial charge in [0.15, 0.2) is 0 Å². The maximum absolute atomic E-state index is 8.63. The largest absolute Gasteiger partial charge is 0.384 e. The summed E-state index contributed by atoms with van der Waals surface area (Å²) in [5.74, 6) is 0. The summed E-state index contributed by atoms with van der Waals surface area (Å²) in [4.78, 5) is 0. The van der Waals surface area contributed by atoms with Crippen LogP contribution >= 0.6 is 11.6 Å². The number of nitrogens with one attached hydrogen (secondary N) is 1. The van der Waals surface area contributed by atoms with Crippen molar-refractivity contribution >= 4 is 17.3 Å². The van der Waals surface area contributed by atoms with E-state index in [1.165, 1.54) is 0 Å². The van der Waals surface area contributed by atoms with Crippen molar-refractivity contribution in [2.75, 3.05) is 11.9 Å². The Bertz CT molecular complexity index is 401. The van der Waals surface area contributed by atoms with Gasteiger partial charge in [0.25, 0.3) is 0 Å². The van der Waals surface area contributed by atoms with E-state index in [0.717, 1.165) is 5.69 Å². The smallest absolute Gasteiger partial charge is 0.101 e. The van der Waals surface area contributed by atoms with Gasteiger partial charge in [-0.2, -0.15) is 10.5 Å². The topological polar surface area (TPSA) is 59.6 Å². The maximum Gasteiger partial charge on any atom is 0.101 e. The molecule has 0 atom stereocenters. The first-order valence-electron chi connectivity index (χ1n) is 4.08. The molecular weight excluding hydrogens is 198 g/mol. The van der Waals surface area contributed by atoms with Crippen LogP contribution in [0.3, 0.4) is 0 Å². The first-order valence-corrected chi connectivity index (χ1v) is 4.46. The zero-order valence-corrected chi connectivity index (χ0v) is 8.17. The lowest BCUT2D eigenvalue weighted by Gasteiger charge is -2.04. The van der Waals surface area contributed by atoms with Crippen LogP contribution in [0.1, 0.15) is 12.0 Å². The fourth-order valence-electron chi connectivity index (χ4n) is 0.978. The van der Waals surface area contributed by atoms with E-state index in [0.29, 0.717) is 23.6 Å². The number of hydrogen-bond donors (Lipinski definition) is 1. The molecule has 0 amide bonds. The van der Waals surface area contributed by atoms with Crippen LogP contribution in [0.4, 0.5) is 5.69 Å². The van der Waals surface area contributed by atoms with Crippen LogP contribution in [0.2, 0.25) is 5.02 Å². The van der Waals surface area contributed by atoms with Crippen LogP contribution < -0.4 is 5.32 Å². The number of hydrogen-bond acceptors (Lipinski definition) is 3. The van der Waals surface area contributed by atoms with Gasteiger partial charge in [-0.25, -0.2) is 0 Å². The number of halogens is 1. The normalized spacial score (nSPS) is 8.79. The van der Waals surface area contributed by atoms with Gasteiger partial charge >= 0.3 is 0 Å². The zero-order valence-electron chi connectivity index (χ0n) is 7.42. The lowest BCUT2D eigenvalue weighted by atomic mass is 10.2. The Balaban J connectivity index is 2.69. The lowest BCUT2D eigenvalue weighted by molar-refractivity contribution is 1.08. The highest BCUT2D eigenvalue weighted by molar-refractivity contribution is 6.32. The molecule has 1 N–H and O–H groups in total. The summed E-state index contributed by atoms with van der Waals surface area (Å²) < 4.78 is 0. The monoisotopic (exact) mass is 205 g/mol. The van der Waals surface area contributed by atoms with Gasteiger partial charge in [-0.3, -0.25) is 0 Å². The van der Waals surface area contributed by atoms with Gasteiger partial charge in [-0.05, 0) is 18.2 Å². The van der Waals surface area contributed by atoms with E-state index in [1.54, 1.807) is 18.2 Å². The van der Waals surface area contributed by atoms with Crippen LogP contribution in [-0.2, 0) is 0 Å². The van der Waals surface area contributed by atoms with Gasteiger partial charge in [0.1, 0.15) is 6.07 Å². The Labute approximate surface area is 87.5 Å². The predicted octanol–water partition coefficient (Wildman–Crippen LogP) is 2.54. The van der Waals surface area contributed by atoms with Gasteiger partial charge < -0.3 is 5.32 Å². The van der Waals surface area contributed by atoms with Crippen LogP contribution in [0.5, 0.6) is 0 Å². The Morgan fingerprint density at radius 3 is 2.71 bits per heavy atom. The van der Waals surface area contributed by atoms with E-state index >= 15 is 0 Å². The second kappa shape index (κ2) is 5.11. The van der Waals surface area contributed by atoms with Crippen molar-refractivity contribution < 1.29 is 0 Å². The van der Waals surface area contributed by atoms with Crippen LogP contribution in [0, 0.1) is 22.7 Å². The number of anilines is 1. The Hall–Kier alpha value is -1.71. The zero-order chi connectivity index (χ0) is 10.4. The quantitative estimate of drug-likeness (QED) is 0.772. The van der Waals surface area contributed by atoms with Crippen molar-refractivity contribution in [3.05, 3.63) is 28.8 Å². The predicted molar refractivity (Wildman–Crippen MR) is 54.9 cm³/mol. The minimum Gasteiger partial charge on any atom is -0.384 e. The fraction of sp³-hybridized carbons (Fsp3) is 0.200. The molecule has 0 saturated heterocycles. The molecule has 14 heavy (non-hydrogen) atoms. The van der Waals surface area contributed by atoms with E-state index in [4.69, 9.17) is 22.1 Å². The summed E-state index contributed by atoms with van der Waals surface area (Å²) in [6.07, 6.45) is 0.442. The Kier molecular flexibility index (Phi) is 3.79. The van der Waals surface area contributed by atoms with Crippen LogP contribution in [0.15, 0.2) is 18.2 Å². The fourth-order valence-corrected chi connectivity index (χ4v) is 1.20. The molecule has 0 unspecified atom stereocenters. The average Bonchev–Trinajstić information content (AvgIpc) is 2.18. The molecule has 0 aromatic heterocycles. The van der Waals surface area contributed by atoms with Crippen molar-refractivity contribution in [3.8, 4) is 12.1 Å². The summed E-state index contributed by atoms with van der Waals surface area (Å²) in [7, 11) is 0. The molecule has 70 valence electrons. The minimum atomic E-state index is 0.425. The third-order valence-electron chi connectivity index (χ3n) is 1.66. The van der Waals surface area contributed by atoms with Gasteiger partial charge in [0.2, 0.25) is 0 Å². The first-order chi connectivity index (χ1) is 6.77. The van der Waals surface area contributed by atoms with Crippen LogP contribution in [0.25, 0.3) is 0 Å². The Morgan fingerprint density at radius 2 is 2.14 bits per heavy atom. The van der Waals surface area contributed by atoms with E-state index < -0.39 is 0 Å². The number of benzene rings is 1.